The molecule has 0 atom stereocenters. The second kappa shape index (κ2) is 2.90. The van der Waals surface area contributed by atoms with Gasteiger partial charge in [0.1, 0.15) is 11.5 Å². The molecule has 2 N–H and O–H groups in total. The first-order valence-electron chi connectivity index (χ1n) is 4.44. The maximum absolute atomic E-state index is 5.83. The summed E-state index contributed by atoms with van der Waals surface area (Å²) < 4.78 is 7.21. The van der Waals surface area contributed by atoms with Crippen molar-refractivity contribution >= 4 is 5.69 Å². The fourth-order valence-corrected chi connectivity index (χ4v) is 1.65. The zero-order chi connectivity index (χ0) is 10.3. The zero-order valence-corrected chi connectivity index (χ0v) is 8.53. The molecule has 0 bridgehead atoms. The topological polar surface area (TPSA) is 57.0 Å². The molecule has 2 aromatic heterocycles. The first kappa shape index (κ1) is 8.87. The van der Waals surface area contributed by atoms with Crippen molar-refractivity contribution in [2.45, 2.75) is 13.8 Å². The van der Waals surface area contributed by atoms with Crippen molar-refractivity contribution in [3.05, 3.63) is 23.8 Å². The Morgan fingerprint density at radius 3 is 2.57 bits per heavy atom. The summed E-state index contributed by atoms with van der Waals surface area (Å²) in [5.41, 5.74) is 8.43. The molecule has 0 aromatic carbocycles. The number of nitrogens with zero attached hydrogens (tertiary/aromatic N) is 2. The van der Waals surface area contributed by atoms with Gasteiger partial charge in [-0.2, -0.15) is 5.10 Å². The monoisotopic (exact) mass is 191 g/mol. The van der Waals surface area contributed by atoms with E-state index in [-0.39, 0.29) is 0 Å². The Morgan fingerprint density at radius 2 is 2.14 bits per heavy atom. The van der Waals surface area contributed by atoms with Gasteiger partial charge in [0.25, 0.3) is 0 Å². The van der Waals surface area contributed by atoms with Crippen LogP contribution in [-0.2, 0) is 7.05 Å². The van der Waals surface area contributed by atoms with Gasteiger partial charge in [-0.25, -0.2) is 0 Å². The minimum atomic E-state index is 0.677. The number of hydrogen-bond acceptors (Lipinski definition) is 3. The van der Waals surface area contributed by atoms with Gasteiger partial charge in [0.2, 0.25) is 0 Å². The van der Waals surface area contributed by atoms with E-state index in [4.69, 9.17) is 10.2 Å². The quantitative estimate of drug-likeness (QED) is 0.748. The van der Waals surface area contributed by atoms with Crippen molar-refractivity contribution in [3.63, 3.8) is 0 Å². The molecular weight excluding hydrogens is 178 g/mol. The van der Waals surface area contributed by atoms with Crippen molar-refractivity contribution < 1.29 is 4.42 Å². The van der Waals surface area contributed by atoms with Gasteiger partial charge in [0, 0.05) is 12.6 Å². The van der Waals surface area contributed by atoms with E-state index in [9.17, 15) is 0 Å². The molecule has 0 saturated carbocycles. The molecule has 0 saturated heterocycles. The van der Waals surface area contributed by atoms with E-state index in [2.05, 4.69) is 5.10 Å². The predicted octanol–water partition coefficient (Wildman–Crippen LogP) is 1.88. The number of furan rings is 1. The average molecular weight is 191 g/mol. The van der Waals surface area contributed by atoms with Crippen molar-refractivity contribution in [2.75, 3.05) is 5.73 Å². The fourth-order valence-electron chi connectivity index (χ4n) is 1.65. The Hall–Kier alpha value is -1.71. The summed E-state index contributed by atoms with van der Waals surface area (Å²) in [6, 6.07) is 1.97. The third kappa shape index (κ3) is 1.19. The van der Waals surface area contributed by atoms with Crippen LogP contribution in [0.3, 0.4) is 0 Å². The molecule has 0 fully saturated rings. The lowest BCUT2D eigenvalue weighted by molar-refractivity contribution is 0.505. The van der Waals surface area contributed by atoms with Crippen LogP contribution >= 0.6 is 0 Å². The maximum atomic E-state index is 5.83. The first-order chi connectivity index (χ1) is 6.59. The lowest BCUT2D eigenvalue weighted by Gasteiger charge is -2.00. The van der Waals surface area contributed by atoms with Crippen LogP contribution in [0.2, 0.25) is 0 Å². The van der Waals surface area contributed by atoms with Gasteiger partial charge in [-0.15, -0.1) is 0 Å². The van der Waals surface area contributed by atoms with Gasteiger partial charge in [0.15, 0.2) is 0 Å². The number of aryl methyl sites for hydroxylation is 3. The van der Waals surface area contributed by atoms with Gasteiger partial charge in [0.05, 0.1) is 17.6 Å². The van der Waals surface area contributed by atoms with Gasteiger partial charge in [-0.3, -0.25) is 4.68 Å². The van der Waals surface area contributed by atoms with E-state index in [1.165, 1.54) is 0 Å². The standard InChI is InChI=1S/C10H13N3O/c1-6-4-8(7(2)14-6)10-9(11)5-12-13(10)3/h4-5H,11H2,1-3H3. The Morgan fingerprint density at radius 1 is 1.43 bits per heavy atom. The minimum Gasteiger partial charge on any atom is -0.466 e. The minimum absolute atomic E-state index is 0.677. The molecule has 0 aliphatic rings. The molecule has 0 aliphatic carbocycles. The molecule has 4 nitrogen and oxygen atoms in total. The molecule has 0 spiro atoms. The van der Waals surface area contributed by atoms with Gasteiger partial charge in [-0.1, -0.05) is 0 Å². The number of nitrogens with two attached hydrogens (primary N) is 1. The lowest BCUT2D eigenvalue weighted by atomic mass is 10.1. The average Bonchev–Trinajstić information content (AvgIpc) is 2.57. The van der Waals surface area contributed by atoms with Crippen LogP contribution in [0.4, 0.5) is 5.69 Å². The second-order valence-electron chi connectivity index (χ2n) is 3.40. The number of aromatic nitrogens is 2. The summed E-state index contributed by atoms with van der Waals surface area (Å²) in [6.07, 6.45) is 1.65. The Kier molecular flexibility index (Phi) is 1.84. The third-order valence-electron chi connectivity index (χ3n) is 2.26. The molecule has 4 heteroatoms. The van der Waals surface area contributed by atoms with Crippen LogP contribution in [-0.4, -0.2) is 9.78 Å². The predicted molar refractivity (Wildman–Crippen MR) is 54.8 cm³/mol. The Balaban J connectivity index is 2.65. The van der Waals surface area contributed by atoms with Crippen molar-refractivity contribution in [1.29, 1.82) is 0 Å². The highest BCUT2D eigenvalue weighted by atomic mass is 16.3. The molecule has 0 aliphatic heterocycles. The summed E-state index contributed by atoms with van der Waals surface area (Å²) in [5.74, 6) is 1.76. The molecule has 0 unspecified atom stereocenters. The van der Waals surface area contributed by atoms with E-state index in [0.717, 1.165) is 22.8 Å². The summed E-state index contributed by atoms with van der Waals surface area (Å²) in [7, 11) is 1.87. The zero-order valence-electron chi connectivity index (χ0n) is 8.53. The highest BCUT2D eigenvalue weighted by molar-refractivity contribution is 5.74. The Bertz CT molecular complexity index is 448. The van der Waals surface area contributed by atoms with Crippen molar-refractivity contribution in [1.82, 2.24) is 9.78 Å². The van der Waals surface area contributed by atoms with Crippen LogP contribution in [0, 0.1) is 13.8 Å². The van der Waals surface area contributed by atoms with E-state index >= 15 is 0 Å². The second-order valence-corrected chi connectivity index (χ2v) is 3.40. The summed E-state index contributed by atoms with van der Waals surface area (Å²) in [6.45, 7) is 3.85. The Labute approximate surface area is 82.3 Å². The third-order valence-corrected chi connectivity index (χ3v) is 2.26. The fraction of sp³-hybridized carbons (Fsp3) is 0.300. The van der Waals surface area contributed by atoms with Crippen LogP contribution in [0.15, 0.2) is 16.7 Å². The number of nitrogen functional groups attached to an aromatic ring is 1. The number of anilines is 1. The smallest absolute Gasteiger partial charge is 0.110 e. The van der Waals surface area contributed by atoms with Crippen LogP contribution in [0.1, 0.15) is 11.5 Å². The highest BCUT2D eigenvalue weighted by Gasteiger charge is 2.13. The molecule has 14 heavy (non-hydrogen) atoms. The van der Waals surface area contributed by atoms with Crippen LogP contribution in [0.5, 0.6) is 0 Å². The largest absolute Gasteiger partial charge is 0.466 e. The maximum Gasteiger partial charge on any atom is 0.110 e. The molecule has 2 heterocycles. The SMILES string of the molecule is Cc1cc(-c2c(N)cnn2C)c(C)o1. The van der Waals surface area contributed by atoms with Crippen molar-refractivity contribution in [2.24, 2.45) is 7.05 Å². The normalized spacial score (nSPS) is 10.8. The molecule has 0 radical (unpaired) electrons. The first-order valence-corrected chi connectivity index (χ1v) is 4.44. The van der Waals surface area contributed by atoms with E-state index in [1.54, 1.807) is 10.9 Å². The van der Waals surface area contributed by atoms with E-state index in [1.807, 2.05) is 27.0 Å². The summed E-state index contributed by atoms with van der Waals surface area (Å²) in [5, 5.41) is 4.09. The molecule has 74 valence electrons. The number of rotatable bonds is 1. The number of hydrogen-bond donors (Lipinski definition) is 1. The van der Waals surface area contributed by atoms with Crippen LogP contribution < -0.4 is 5.73 Å². The molecule has 2 aromatic rings. The summed E-state index contributed by atoms with van der Waals surface area (Å²) in [4.78, 5) is 0. The van der Waals surface area contributed by atoms with Gasteiger partial charge in [-0.05, 0) is 19.9 Å². The van der Waals surface area contributed by atoms with E-state index in [0.29, 0.717) is 5.69 Å². The summed E-state index contributed by atoms with van der Waals surface area (Å²) >= 11 is 0. The highest BCUT2D eigenvalue weighted by Crippen LogP contribution is 2.30. The molecule has 0 amide bonds. The molecule has 2 rings (SSSR count). The van der Waals surface area contributed by atoms with Crippen molar-refractivity contribution in [3.8, 4) is 11.3 Å². The van der Waals surface area contributed by atoms with E-state index < -0.39 is 0 Å². The van der Waals surface area contributed by atoms with Gasteiger partial charge >= 0.3 is 0 Å². The van der Waals surface area contributed by atoms with Gasteiger partial charge < -0.3 is 10.2 Å². The lowest BCUT2D eigenvalue weighted by Crippen LogP contribution is -1.95. The van der Waals surface area contributed by atoms with Crippen LogP contribution in [0.25, 0.3) is 11.3 Å². The molecular formula is C10H13N3O.